The minimum Gasteiger partial charge on any atom is -0.497 e. The van der Waals surface area contributed by atoms with Crippen molar-refractivity contribution in [3.63, 3.8) is 0 Å². The van der Waals surface area contributed by atoms with Gasteiger partial charge in [-0.2, -0.15) is 0 Å². The first-order valence-electron chi connectivity index (χ1n) is 15.9. The molecule has 9 heteroatoms. The van der Waals surface area contributed by atoms with Gasteiger partial charge < -0.3 is 39.2 Å². The van der Waals surface area contributed by atoms with E-state index in [1.807, 2.05) is 19.1 Å². The van der Waals surface area contributed by atoms with Gasteiger partial charge in [-0.15, -0.1) is 0 Å². The molecule has 0 aliphatic carbocycles. The Kier molecular flexibility index (Phi) is 11.6. The number of hydrogen-bond donors (Lipinski definition) is 2. The normalized spacial score (nSPS) is 23.2. The van der Waals surface area contributed by atoms with Gasteiger partial charge in [-0.05, 0) is 67.5 Å². The van der Waals surface area contributed by atoms with E-state index in [4.69, 9.17) is 23.7 Å². The van der Waals surface area contributed by atoms with Gasteiger partial charge in [0.2, 0.25) is 5.91 Å². The third-order valence-electron chi connectivity index (χ3n) is 9.02. The van der Waals surface area contributed by atoms with Crippen LogP contribution < -0.4 is 25.0 Å². The number of piperidine rings is 1. The number of benzene rings is 2. The van der Waals surface area contributed by atoms with Crippen molar-refractivity contribution < 1.29 is 28.5 Å². The fourth-order valence-electron chi connectivity index (χ4n) is 6.49. The number of methoxy groups -OCH3 is 2. The minimum absolute atomic E-state index is 0.00102. The summed E-state index contributed by atoms with van der Waals surface area (Å²) in [5.41, 5.74) is 3.50. The summed E-state index contributed by atoms with van der Waals surface area (Å²) in [5, 5.41) is 6.96. The Hall–Kier alpha value is -2.85. The molecule has 5 rings (SSSR count). The number of rotatable bonds is 13. The number of carbonyl (C=O) groups is 1. The van der Waals surface area contributed by atoms with E-state index in [1.165, 1.54) is 5.56 Å². The molecule has 2 N–H and O–H groups in total. The number of nitrogens with one attached hydrogen (secondary N) is 2. The first-order valence-corrected chi connectivity index (χ1v) is 15.9. The van der Waals surface area contributed by atoms with Gasteiger partial charge in [0.05, 0.1) is 32.1 Å². The lowest BCUT2D eigenvalue weighted by molar-refractivity contribution is -0.126. The summed E-state index contributed by atoms with van der Waals surface area (Å²) in [6, 6.07) is 15.2. The Morgan fingerprint density at radius 1 is 1.12 bits per heavy atom. The minimum atomic E-state index is -0.0705. The van der Waals surface area contributed by atoms with E-state index in [9.17, 15) is 4.79 Å². The summed E-state index contributed by atoms with van der Waals surface area (Å²) in [6.45, 7) is 7.99. The molecule has 3 aliphatic heterocycles. The molecule has 43 heavy (non-hydrogen) atoms. The predicted octanol–water partition coefficient (Wildman–Crippen LogP) is 4.28. The summed E-state index contributed by atoms with van der Waals surface area (Å²) in [4.78, 5) is 15.4. The number of ether oxygens (including phenoxy) is 5. The Morgan fingerprint density at radius 3 is 2.70 bits per heavy atom. The van der Waals surface area contributed by atoms with Crippen molar-refractivity contribution in [2.75, 3.05) is 65.2 Å². The molecule has 4 atom stereocenters. The van der Waals surface area contributed by atoms with Crippen LogP contribution in [0.2, 0.25) is 0 Å². The molecular weight excluding hydrogens is 546 g/mol. The highest BCUT2D eigenvalue weighted by atomic mass is 16.5. The Balaban J connectivity index is 1.23. The van der Waals surface area contributed by atoms with E-state index < -0.39 is 0 Å². The van der Waals surface area contributed by atoms with E-state index in [0.29, 0.717) is 13.2 Å². The Morgan fingerprint density at radius 2 is 1.93 bits per heavy atom. The number of anilines is 1. The average Bonchev–Trinajstić information content (AvgIpc) is 3.04. The lowest BCUT2D eigenvalue weighted by atomic mass is 9.81. The second-order valence-corrected chi connectivity index (χ2v) is 12.1. The molecule has 2 fully saturated rings. The molecule has 0 saturated carbocycles. The van der Waals surface area contributed by atoms with Crippen LogP contribution in [0.25, 0.3) is 0 Å². The maximum atomic E-state index is 13.0. The molecule has 0 bridgehead atoms. The monoisotopic (exact) mass is 595 g/mol. The van der Waals surface area contributed by atoms with E-state index in [2.05, 4.69) is 45.9 Å². The molecule has 2 saturated heterocycles. The van der Waals surface area contributed by atoms with E-state index in [-0.39, 0.29) is 35.9 Å². The maximum Gasteiger partial charge on any atom is 0.223 e. The second kappa shape index (κ2) is 15.7. The van der Waals surface area contributed by atoms with Crippen LogP contribution in [0.5, 0.6) is 11.5 Å². The van der Waals surface area contributed by atoms with Crippen LogP contribution in [-0.2, 0) is 25.6 Å². The largest absolute Gasteiger partial charge is 0.497 e. The first-order chi connectivity index (χ1) is 21.0. The molecular formula is C34H49N3O6. The Labute approximate surface area is 256 Å². The predicted molar refractivity (Wildman–Crippen MR) is 167 cm³/mol. The highest BCUT2D eigenvalue weighted by Gasteiger charge is 2.34. The molecule has 2 aromatic carbocycles. The highest BCUT2D eigenvalue weighted by Crippen LogP contribution is 2.35. The van der Waals surface area contributed by atoms with Crippen LogP contribution in [0.3, 0.4) is 0 Å². The molecule has 0 radical (unpaired) electrons. The zero-order valence-electron chi connectivity index (χ0n) is 26.0. The molecule has 0 aromatic heterocycles. The summed E-state index contributed by atoms with van der Waals surface area (Å²) >= 11 is 0. The zero-order chi connectivity index (χ0) is 30.0. The van der Waals surface area contributed by atoms with Gasteiger partial charge in [-0.3, -0.25) is 4.79 Å². The standard InChI is InChI=1S/C34H49N3O6/c1-24(34(38)36-27-11-16-41-17-12-27)19-28-21-30(26-6-8-29(40-3)9-7-26)33(22-35-28)43-23-25-5-10-32-31(20-25)37(14-18-42-32)13-4-15-39-2/h5-10,20,24,27-28,30,33,35H,4,11-19,21-23H2,1-3H3,(H,36,38)/t24?,28-,30+,33-/m0/s1. The third-order valence-corrected chi connectivity index (χ3v) is 9.02. The van der Waals surface area contributed by atoms with Gasteiger partial charge >= 0.3 is 0 Å². The molecule has 1 unspecified atom stereocenters. The topological polar surface area (TPSA) is 90.5 Å². The van der Waals surface area contributed by atoms with Crippen molar-refractivity contribution in [3.05, 3.63) is 53.6 Å². The van der Waals surface area contributed by atoms with Crippen molar-refractivity contribution in [2.24, 2.45) is 5.92 Å². The Bertz CT molecular complexity index is 1160. The highest BCUT2D eigenvalue weighted by molar-refractivity contribution is 5.78. The van der Waals surface area contributed by atoms with Gasteiger partial charge in [0.15, 0.2) is 0 Å². The van der Waals surface area contributed by atoms with Gasteiger partial charge in [0.25, 0.3) is 0 Å². The van der Waals surface area contributed by atoms with Crippen molar-refractivity contribution in [2.45, 2.75) is 69.7 Å². The molecule has 3 heterocycles. The number of hydrogen-bond acceptors (Lipinski definition) is 8. The van der Waals surface area contributed by atoms with E-state index in [1.54, 1.807) is 14.2 Å². The smallest absolute Gasteiger partial charge is 0.223 e. The number of nitrogens with zero attached hydrogens (tertiary/aromatic N) is 1. The molecule has 0 spiro atoms. The van der Waals surface area contributed by atoms with Crippen molar-refractivity contribution in [1.82, 2.24) is 10.6 Å². The summed E-state index contributed by atoms with van der Waals surface area (Å²) in [7, 11) is 3.44. The summed E-state index contributed by atoms with van der Waals surface area (Å²) in [5.74, 6) is 2.05. The van der Waals surface area contributed by atoms with E-state index >= 15 is 0 Å². The van der Waals surface area contributed by atoms with Crippen LogP contribution in [0.4, 0.5) is 5.69 Å². The van der Waals surface area contributed by atoms with Gasteiger partial charge in [0, 0.05) is 63.9 Å². The van der Waals surface area contributed by atoms with E-state index in [0.717, 1.165) is 94.3 Å². The second-order valence-electron chi connectivity index (χ2n) is 12.1. The molecule has 236 valence electrons. The van der Waals surface area contributed by atoms with Crippen molar-refractivity contribution >= 4 is 11.6 Å². The van der Waals surface area contributed by atoms with Gasteiger partial charge in [-0.1, -0.05) is 25.1 Å². The molecule has 1 amide bonds. The van der Waals surface area contributed by atoms with Crippen LogP contribution in [0.1, 0.15) is 56.1 Å². The van der Waals surface area contributed by atoms with Crippen molar-refractivity contribution in [1.29, 1.82) is 0 Å². The van der Waals surface area contributed by atoms with Crippen LogP contribution >= 0.6 is 0 Å². The quantitative estimate of drug-likeness (QED) is 0.332. The summed E-state index contributed by atoms with van der Waals surface area (Å²) in [6.07, 6.45) is 4.45. The van der Waals surface area contributed by atoms with Crippen LogP contribution in [0.15, 0.2) is 42.5 Å². The third kappa shape index (κ3) is 8.62. The molecule has 3 aliphatic rings. The molecule has 9 nitrogen and oxygen atoms in total. The fourth-order valence-corrected chi connectivity index (χ4v) is 6.49. The van der Waals surface area contributed by atoms with Gasteiger partial charge in [0.1, 0.15) is 18.1 Å². The first kappa shape index (κ1) is 31.6. The van der Waals surface area contributed by atoms with Crippen molar-refractivity contribution in [3.8, 4) is 11.5 Å². The van der Waals surface area contributed by atoms with Crippen LogP contribution in [0, 0.1) is 5.92 Å². The SMILES string of the molecule is COCCCN1CCOc2ccc(CO[C@H]3CN[C@@H](CC(C)C(=O)NC4CCOCC4)C[C@@H]3c3ccc(OC)cc3)cc21. The fraction of sp³-hybridized carbons (Fsp3) is 0.618. The summed E-state index contributed by atoms with van der Waals surface area (Å²) < 4.78 is 28.7. The lowest BCUT2D eigenvalue weighted by Crippen LogP contribution is -2.49. The van der Waals surface area contributed by atoms with Crippen LogP contribution in [-0.4, -0.2) is 84.4 Å². The number of fused-ring (bicyclic) bond motifs is 1. The zero-order valence-corrected chi connectivity index (χ0v) is 26.0. The average molecular weight is 596 g/mol. The number of carbonyl (C=O) groups excluding carboxylic acids is 1. The molecule has 2 aromatic rings. The number of amides is 1. The maximum absolute atomic E-state index is 13.0. The lowest BCUT2D eigenvalue weighted by Gasteiger charge is -2.38. The van der Waals surface area contributed by atoms with Gasteiger partial charge in [-0.25, -0.2) is 0 Å².